The number of hydrogen-bond donors (Lipinski definition) is 2. The highest BCUT2D eigenvalue weighted by Gasteiger charge is 2.46. The lowest BCUT2D eigenvalue weighted by Crippen LogP contribution is -2.52. The van der Waals surface area contributed by atoms with E-state index in [4.69, 9.17) is 10.5 Å². The van der Waals surface area contributed by atoms with Crippen molar-refractivity contribution in [2.24, 2.45) is 5.92 Å². The number of rotatable bonds is 7. The lowest BCUT2D eigenvalue weighted by molar-refractivity contribution is -0.145. The second-order valence-electron chi connectivity index (χ2n) is 11.0. The monoisotopic (exact) mass is 566 g/mol. The maximum atomic E-state index is 14.3. The summed E-state index contributed by atoms with van der Waals surface area (Å²) in [4.78, 5) is 43.1. The molecule has 1 aliphatic carbocycles. The van der Waals surface area contributed by atoms with Crippen LogP contribution in [-0.4, -0.2) is 56.4 Å². The molecule has 5 rings (SSSR count). The zero-order valence-corrected chi connectivity index (χ0v) is 22.4. The summed E-state index contributed by atoms with van der Waals surface area (Å²) in [5, 5.41) is 11.3. The number of carbonyl (C=O) groups is 2. The fourth-order valence-electron chi connectivity index (χ4n) is 5.74. The van der Waals surface area contributed by atoms with Gasteiger partial charge >= 0.3 is 0 Å². The highest BCUT2D eigenvalue weighted by atomic mass is 19.3. The Kier molecular flexibility index (Phi) is 7.90. The Morgan fingerprint density at radius 2 is 1.78 bits per heavy atom. The summed E-state index contributed by atoms with van der Waals surface area (Å²) in [5.74, 6) is -3.88. The SMILES string of the molecule is Nc1c(Oc2ccc(C=O)cc2)ncn(CC2(O)CCN(C(=O)[C@@H]3CCC(F)(F)C[C@H]3c3ccccc3)CC2)c1=O. The molecule has 0 spiro atoms. The van der Waals surface area contributed by atoms with Gasteiger partial charge < -0.3 is 20.5 Å². The van der Waals surface area contributed by atoms with Crippen LogP contribution in [0, 0.1) is 5.92 Å². The van der Waals surface area contributed by atoms with Crippen LogP contribution in [0.25, 0.3) is 0 Å². The molecule has 0 radical (unpaired) electrons. The number of halogens is 2. The number of nitrogens with two attached hydrogens (primary N) is 1. The highest BCUT2D eigenvalue weighted by molar-refractivity contribution is 5.80. The van der Waals surface area contributed by atoms with Crippen LogP contribution >= 0.6 is 0 Å². The zero-order chi connectivity index (χ0) is 29.2. The van der Waals surface area contributed by atoms with Gasteiger partial charge in [0.1, 0.15) is 18.4 Å². The van der Waals surface area contributed by atoms with Crippen LogP contribution in [-0.2, 0) is 11.3 Å². The molecule has 0 unspecified atom stereocenters. The molecular weight excluding hydrogens is 534 g/mol. The van der Waals surface area contributed by atoms with Crippen molar-refractivity contribution in [3.63, 3.8) is 0 Å². The molecule has 2 atom stereocenters. The fraction of sp³-hybridized carbons (Fsp3) is 0.400. The number of aldehydes is 1. The largest absolute Gasteiger partial charge is 0.437 e. The fourth-order valence-corrected chi connectivity index (χ4v) is 5.74. The van der Waals surface area contributed by atoms with Gasteiger partial charge in [-0.15, -0.1) is 0 Å². The third kappa shape index (κ3) is 6.30. The number of hydrogen-bond acceptors (Lipinski definition) is 7. The molecule has 3 N–H and O–H groups in total. The molecule has 41 heavy (non-hydrogen) atoms. The standard InChI is InChI=1S/C30H32F2N4O5/c31-30(32)11-10-23(24(16-30)21-4-2-1-3-5-21)27(38)35-14-12-29(40,13-15-35)18-36-19-34-26(25(33)28(36)39)41-22-8-6-20(17-37)7-9-22/h1-9,17,19,23-24,40H,10-16,18,33H2/t23-,24+/m1/s1. The number of nitrogens with zero attached hydrogens (tertiary/aromatic N) is 3. The molecule has 3 aromatic rings. The van der Waals surface area contributed by atoms with Crippen molar-refractivity contribution in [1.82, 2.24) is 14.5 Å². The van der Waals surface area contributed by atoms with Crippen molar-refractivity contribution in [3.8, 4) is 11.6 Å². The highest BCUT2D eigenvalue weighted by Crippen LogP contribution is 2.46. The third-order valence-electron chi connectivity index (χ3n) is 8.11. The number of ether oxygens (including phenoxy) is 1. The van der Waals surface area contributed by atoms with E-state index in [0.717, 1.165) is 5.56 Å². The van der Waals surface area contributed by atoms with Crippen LogP contribution in [0.15, 0.2) is 65.7 Å². The number of anilines is 1. The molecule has 2 aliphatic rings. The number of piperidine rings is 1. The second-order valence-corrected chi connectivity index (χ2v) is 11.0. The Balaban J connectivity index is 1.23. The maximum absolute atomic E-state index is 14.3. The number of alkyl halides is 2. The lowest BCUT2D eigenvalue weighted by atomic mass is 9.73. The summed E-state index contributed by atoms with van der Waals surface area (Å²) in [6.07, 6.45) is 1.74. The molecule has 11 heteroatoms. The van der Waals surface area contributed by atoms with Crippen molar-refractivity contribution in [3.05, 3.63) is 82.4 Å². The lowest BCUT2D eigenvalue weighted by Gasteiger charge is -2.42. The average Bonchev–Trinajstić information content (AvgIpc) is 2.97. The molecule has 9 nitrogen and oxygen atoms in total. The normalized spacial score (nSPS) is 21.7. The van der Waals surface area contributed by atoms with E-state index in [1.54, 1.807) is 53.4 Å². The van der Waals surface area contributed by atoms with Crippen molar-refractivity contribution >= 4 is 17.9 Å². The summed E-state index contributed by atoms with van der Waals surface area (Å²) >= 11 is 0. The van der Waals surface area contributed by atoms with Gasteiger partial charge in [-0.1, -0.05) is 30.3 Å². The number of aromatic nitrogens is 2. The van der Waals surface area contributed by atoms with Crippen LogP contribution in [0.1, 0.15) is 53.9 Å². The predicted molar refractivity (Wildman–Crippen MR) is 147 cm³/mol. The summed E-state index contributed by atoms with van der Waals surface area (Å²) in [7, 11) is 0. The van der Waals surface area contributed by atoms with Gasteiger partial charge in [0.15, 0.2) is 5.69 Å². The van der Waals surface area contributed by atoms with Crippen molar-refractivity contribution in [2.45, 2.75) is 56.1 Å². The zero-order valence-electron chi connectivity index (χ0n) is 22.4. The Labute approximate surface area is 235 Å². The first-order chi connectivity index (χ1) is 19.6. The molecule has 216 valence electrons. The van der Waals surface area contributed by atoms with Crippen LogP contribution in [0.4, 0.5) is 14.5 Å². The van der Waals surface area contributed by atoms with Gasteiger partial charge in [0.25, 0.3) is 5.56 Å². The van der Waals surface area contributed by atoms with E-state index in [1.807, 2.05) is 6.07 Å². The Morgan fingerprint density at radius 1 is 1.10 bits per heavy atom. The molecule has 1 amide bonds. The number of benzene rings is 2. The quantitative estimate of drug-likeness (QED) is 0.414. The summed E-state index contributed by atoms with van der Waals surface area (Å²) in [6.45, 7) is 0.389. The minimum Gasteiger partial charge on any atom is -0.437 e. The third-order valence-corrected chi connectivity index (χ3v) is 8.11. The molecule has 1 aliphatic heterocycles. The Hall–Kier alpha value is -4.12. The smallest absolute Gasteiger partial charge is 0.280 e. The second kappa shape index (κ2) is 11.4. The first-order valence-electron chi connectivity index (χ1n) is 13.6. The minimum absolute atomic E-state index is 0.0817. The Bertz CT molecular complexity index is 1450. The van der Waals surface area contributed by atoms with Gasteiger partial charge in [0.05, 0.1) is 12.1 Å². The topological polar surface area (TPSA) is 128 Å². The average molecular weight is 567 g/mol. The van der Waals surface area contributed by atoms with E-state index < -0.39 is 28.9 Å². The maximum Gasteiger partial charge on any atom is 0.280 e. The molecule has 1 saturated heterocycles. The number of likely N-dealkylation sites (tertiary alicyclic amines) is 1. The van der Waals surface area contributed by atoms with Crippen molar-refractivity contribution in [1.29, 1.82) is 0 Å². The van der Waals surface area contributed by atoms with E-state index in [9.17, 15) is 28.3 Å². The van der Waals surface area contributed by atoms with Gasteiger partial charge in [0, 0.05) is 43.3 Å². The molecule has 2 fully saturated rings. The van der Waals surface area contributed by atoms with Gasteiger partial charge in [-0.3, -0.25) is 19.0 Å². The van der Waals surface area contributed by atoms with Gasteiger partial charge in [-0.05, 0) is 49.1 Å². The minimum atomic E-state index is -2.82. The molecule has 1 aromatic heterocycles. The van der Waals surface area contributed by atoms with Crippen molar-refractivity contribution < 1.29 is 28.2 Å². The van der Waals surface area contributed by atoms with Crippen LogP contribution < -0.4 is 16.0 Å². The molecule has 2 heterocycles. The number of nitrogen functional groups attached to an aromatic ring is 1. The molecular formula is C30H32F2N4O5. The summed E-state index contributed by atoms with van der Waals surface area (Å²) in [5.41, 5.74) is 5.08. The van der Waals surface area contributed by atoms with Gasteiger partial charge in [-0.2, -0.15) is 0 Å². The van der Waals surface area contributed by atoms with E-state index in [-0.39, 0.29) is 69.2 Å². The van der Waals surface area contributed by atoms with E-state index in [2.05, 4.69) is 4.98 Å². The number of amides is 1. The molecule has 0 bridgehead atoms. The predicted octanol–water partition coefficient (Wildman–Crippen LogP) is 4.00. The first kappa shape index (κ1) is 28.4. The Morgan fingerprint density at radius 3 is 2.44 bits per heavy atom. The van der Waals surface area contributed by atoms with Gasteiger partial charge in [-0.25, -0.2) is 13.8 Å². The summed E-state index contributed by atoms with van der Waals surface area (Å²) in [6, 6.07) is 15.2. The number of aliphatic hydroxyl groups is 1. The van der Waals surface area contributed by atoms with Crippen LogP contribution in [0.5, 0.6) is 11.6 Å². The number of carbonyl (C=O) groups excluding carboxylic acids is 2. The van der Waals surface area contributed by atoms with Crippen molar-refractivity contribution in [2.75, 3.05) is 18.8 Å². The van der Waals surface area contributed by atoms with Gasteiger partial charge in [0.2, 0.25) is 17.7 Å². The van der Waals surface area contributed by atoms with E-state index in [1.165, 1.54) is 10.9 Å². The van der Waals surface area contributed by atoms with Crippen LogP contribution in [0.2, 0.25) is 0 Å². The molecule has 1 saturated carbocycles. The summed E-state index contributed by atoms with van der Waals surface area (Å²) < 4.78 is 35.5. The van der Waals surface area contributed by atoms with E-state index in [0.29, 0.717) is 17.6 Å². The molecule has 2 aromatic carbocycles. The first-order valence-corrected chi connectivity index (χ1v) is 13.6. The van der Waals surface area contributed by atoms with Crippen LogP contribution in [0.3, 0.4) is 0 Å². The van der Waals surface area contributed by atoms with E-state index >= 15 is 0 Å².